The van der Waals surface area contributed by atoms with Crippen molar-refractivity contribution in [3.8, 4) is 0 Å². The number of pyridine rings is 1. The molecule has 8 nitrogen and oxygen atoms in total. The molecule has 1 aliphatic heterocycles. The van der Waals surface area contributed by atoms with Crippen LogP contribution in [0.2, 0.25) is 0 Å². The molecular weight excluding hydrogens is 316 g/mol. The number of fused-ring (bicyclic) bond motifs is 1. The van der Waals surface area contributed by atoms with Crippen molar-refractivity contribution in [1.82, 2.24) is 34.6 Å². The molecule has 4 heterocycles. The molecule has 0 saturated carbocycles. The summed E-state index contributed by atoms with van der Waals surface area (Å²) in [5.41, 5.74) is 1.10. The number of anilines is 1. The van der Waals surface area contributed by atoms with Crippen LogP contribution < -0.4 is 5.32 Å². The monoisotopic (exact) mass is 336 g/mol. The first kappa shape index (κ1) is 15.6. The summed E-state index contributed by atoms with van der Waals surface area (Å²) < 4.78 is 2.20. The smallest absolute Gasteiger partial charge is 0.222 e. The molecule has 3 aromatic heterocycles. The molecule has 0 aliphatic carbocycles. The van der Waals surface area contributed by atoms with Gasteiger partial charge in [-0.05, 0) is 18.2 Å². The Labute approximate surface area is 146 Å². The maximum absolute atomic E-state index is 4.42. The molecule has 3 aromatic rings. The largest absolute Gasteiger partial charge is 0.347 e. The minimum absolute atomic E-state index is 0.567. The second-order valence-corrected chi connectivity index (χ2v) is 5.96. The summed E-state index contributed by atoms with van der Waals surface area (Å²) in [4.78, 5) is 15.2. The quantitative estimate of drug-likeness (QED) is 0.747. The van der Waals surface area contributed by atoms with E-state index in [4.69, 9.17) is 0 Å². The summed E-state index contributed by atoms with van der Waals surface area (Å²) >= 11 is 0. The van der Waals surface area contributed by atoms with Gasteiger partial charge in [-0.3, -0.25) is 9.88 Å². The van der Waals surface area contributed by atoms with Gasteiger partial charge in [-0.15, -0.1) is 10.2 Å². The SMILES string of the molecule is c1ccc(CN2CCc3nnc(CNc4ncccn4)n3CC2)nc1. The third kappa shape index (κ3) is 3.80. The minimum atomic E-state index is 0.567. The van der Waals surface area contributed by atoms with Gasteiger partial charge in [-0.1, -0.05) is 6.07 Å². The summed E-state index contributed by atoms with van der Waals surface area (Å²) in [5.74, 6) is 2.56. The van der Waals surface area contributed by atoms with Crippen LogP contribution in [0, 0.1) is 0 Å². The van der Waals surface area contributed by atoms with Gasteiger partial charge in [0.05, 0.1) is 12.2 Å². The van der Waals surface area contributed by atoms with E-state index in [1.165, 1.54) is 0 Å². The fourth-order valence-corrected chi connectivity index (χ4v) is 2.98. The summed E-state index contributed by atoms with van der Waals surface area (Å²) in [6.07, 6.45) is 6.17. The highest BCUT2D eigenvalue weighted by Crippen LogP contribution is 2.12. The number of nitrogens with one attached hydrogen (secondary N) is 1. The average molecular weight is 336 g/mol. The fraction of sp³-hybridized carbons (Fsp3) is 0.353. The van der Waals surface area contributed by atoms with E-state index < -0.39 is 0 Å². The Hall–Kier alpha value is -2.87. The molecule has 0 saturated heterocycles. The molecule has 8 heteroatoms. The third-order valence-electron chi connectivity index (χ3n) is 4.28. The van der Waals surface area contributed by atoms with Crippen LogP contribution in [0.3, 0.4) is 0 Å². The number of aromatic nitrogens is 6. The third-order valence-corrected chi connectivity index (χ3v) is 4.28. The first-order chi connectivity index (χ1) is 12.4. The number of hydrogen-bond donors (Lipinski definition) is 1. The Morgan fingerprint density at radius 1 is 0.920 bits per heavy atom. The predicted molar refractivity (Wildman–Crippen MR) is 92.6 cm³/mol. The van der Waals surface area contributed by atoms with Gasteiger partial charge in [0.2, 0.25) is 5.95 Å². The van der Waals surface area contributed by atoms with E-state index in [-0.39, 0.29) is 0 Å². The minimum Gasteiger partial charge on any atom is -0.347 e. The zero-order chi connectivity index (χ0) is 16.9. The van der Waals surface area contributed by atoms with E-state index in [9.17, 15) is 0 Å². The Morgan fingerprint density at radius 3 is 2.64 bits per heavy atom. The predicted octanol–water partition coefficient (Wildman–Crippen LogP) is 1.13. The molecule has 0 aromatic carbocycles. The molecule has 4 rings (SSSR count). The van der Waals surface area contributed by atoms with E-state index in [0.717, 1.165) is 49.9 Å². The molecule has 0 atom stereocenters. The number of hydrogen-bond acceptors (Lipinski definition) is 7. The van der Waals surface area contributed by atoms with Crippen molar-refractivity contribution in [3.05, 3.63) is 60.2 Å². The highest BCUT2D eigenvalue weighted by Gasteiger charge is 2.19. The Kier molecular flexibility index (Phi) is 4.60. The van der Waals surface area contributed by atoms with Crippen LogP contribution in [0.4, 0.5) is 5.95 Å². The van der Waals surface area contributed by atoms with Crippen LogP contribution in [-0.2, 0) is 26.1 Å². The Bertz CT molecular complexity index is 802. The van der Waals surface area contributed by atoms with Gasteiger partial charge in [-0.2, -0.15) is 0 Å². The lowest BCUT2D eigenvalue weighted by atomic mass is 10.3. The van der Waals surface area contributed by atoms with Crippen molar-refractivity contribution >= 4 is 5.95 Å². The second-order valence-electron chi connectivity index (χ2n) is 5.96. The average Bonchev–Trinajstić information content (AvgIpc) is 2.95. The van der Waals surface area contributed by atoms with E-state index in [2.05, 4.69) is 46.0 Å². The van der Waals surface area contributed by atoms with Gasteiger partial charge in [-0.25, -0.2) is 9.97 Å². The van der Waals surface area contributed by atoms with Gasteiger partial charge < -0.3 is 9.88 Å². The first-order valence-electron chi connectivity index (χ1n) is 8.42. The molecule has 25 heavy (non-hydrogen) atoms. The van der Waals surface area contributed by atoms with Gasteiger partial charge in [0.15, 0.2) is 5.82 Å². The Balaban J connectivity index is 1.39. The topological polar surface area (TPSA) is 84.7 Å². The van der Waals surface area contributed by atoms with Gasteiger partial charge in [0.1, 0.15) is 5.82 Å². The lowest BCUT2D eigenvalue weighted by Gasteiger charge is -2.18. The van der Waals surface area contributed by atoms with Crippen molar-refractivity contribution in [2.24, 2.45) is 0 Å². The fourth-order valence-electron chi connectivity index (χ4n) is 2.98. The van der Waals surface area contributed by atoms with Crippen LogP contribution in [0.15, 0.2) is 42.9 Å². The van der Waals surface area contributed by atoms with Crippen LogP contribution in [0.25, 0.3) is 0 Å². The van der Waals surface area contributed by atoms with Gasteiger partial charge in [0.25, 0.3) is 0 Å². The summed E-state index contributed by atoms with van der Waals surface area (Å²) in [7, 11) is 0. The zero-order valence-electron chi connectivity index (χ0n) is 13.9. The molecule has 0 bridgehead atoms. The molecular formula is C17H20N8. The van der Waals surface area contributed by atoms with Crippen molar-refractivity contribution in [2.75, 3.05) is 18.4 Å². The van der Waals surface area contributed by atoms with Crippen molar-refractivity contribution in [3.63, 3.8) is 0 Å². The van der Waals surface area contributed by atoms with Gasteiger partial charge in [0, 0.05) is 51.2 Å². The summed E-state index contributed by atoms with van der Waals surface area (Å²) in [6.45, 7) is 4.23. The van der Waals surface area contributed by atoms with Crippen LogP contribution in [0.1, 0.15) is 17.3 Å². The highest BCUT2D eigenvalue weighted by atomic mass is 15.3. The lowest BCUT2D eigenvalue weighted by molar-refractivity contribution is 0.267. The Morgan fingerprint density at radius 2 is 1.80 bits per heavy atom. The normalized spacial score (nSPS) is 14.7. The van der Waals surface area contributed by atoms with E-state index in [0.29, 0.717) is 12.5 Å². The van der Waals surface area contributed by atoms with Crippen molar-refractivity contribution in [1.29, 1.82) is 0 Å². The maximum atomic E-state index is 4.42. The maximum Gasteiger partial charge on any atom is 0.222 e. The standard InChI is InChI=1S/C17H20N8/c1-2-6-18-14(4-1)13-24-9-5-15-22-23-16(25(15)11-10-24)12-21-17-19-7-3-8-20-17/h1-4,6-8H,5,9-13H2,(H,19,20,21). The molecule has 0 radical (unpaired) electrons. The molecule has 128 valence electrons. The van der Waals surface area contributed by atoms with E-state index in [1.54, 1.807) is 18.5 Å². The van der Waals surface area contributed by atoms with E-state index >= 15 is 0 Å². The number of nitrogens with zero attached hydrogens (tertiary/aromatic N) is 7. The molecule has 1 aliphatic rings. The zero-order valence-corrected chi connectivity index (χ0v) is 13.9. The molecule has 0 spiro atoms. The summed E-state index contributed by atoms with van der Waals surface area (Å²) in [5, 5.41) is 11.9. The molecule has 0 amide bonds. The van der Waals surface area contributed by atoms with Crippen LogP contribution >= 0.6 is 0 Å². The van der Waals surface area contributed by atoms with Crippen molar-refractivity contribution < 1.29 is 0 Å². The van der Waals surface area contributed by atoms with Crippen LogP contribution in [-0.4, -0.2) is 47.7 Å². The molecule has 1 N–H and O–H groups in total. The highest BCUT2D eigenvalue weighted by molar-refractivity contribution is 5.22. The second kappa shape index (κ2) is 7.35. The van der Waals surface area contributed by atoms with E-state index in [1.807, 2.05) is 18.3 Å². The van der Waals surface area contributed by atoms with Gasteiger partial charge >= 0.3 is 0 Å². The van der Waals surface area contributed by atoms with Crippen LogP contribution in [0.5, 0.6) is 0 Å². The molecule has 0 fully saturated rings. The van der Waals surface area contributed by atoms with Crippen molar-refractivity contribution in [2.45, 2.75) is 26.1 Å². The molecule has 0 unspecified atom stereocenters. The summed E-state index contributed by atoms with van der Waals surface area (Å²) in [6, 6.07) is 7.85. The first-order valence-corrected chi connectivity index (χ1v) is 8.42. The number of rotatable bonds is 5. The lowest BCUT2D eigenvalue weighted by Crippen LogP contribution is -2.27.